The Labute approximate surface area is 192 Å². The van der Waals surface area contributed by atoms with Gasteiger partial charge in [0.25, 0.3) is 5.91 Å². The maximum atomic E-state index is 12.4. The molecule has 1 fully saturated rings. The number of amides is 3. The van der Waals surface area contributed by atoms with E-state index in [2.05, 4.69) is 21.2 Å². The van der Waals surface area contributed by atoms with Crippen molar-refractivity contribution in [3.63, 3.8) is 0 Å². The van der Waals surface area contributed by atoms with Gasteiger partial charge in [-0.15, -0.1) is 0 Å². The molecular formula is C24H28N4O5. The quantitative estimate of drug-likeness (QED) is 0.291. The second kappa shape index (κ2) is 11.7. The minimum absolute atomic E-state index is 0.0944. The average Bonchev–Trinajstić information content (AvgIpc) is 3.63. The highest BCUT2D eigenvalue weighted by atomic mass is 16.5. The summed E-state index contributed by atoms with van der Waals surface area (Å²) in [5.74, 6) is -0.968. The van der Waals surface area contributed by atoms with Gasteiger partial charge in [0.1, 0.15) is 0 Å². The molecule has 1 aliphatic carbocycles. The van der Waals surface area contributed by atoms with Crippen molar-refractivity contribution in [1.82, 2.24) is 10.7 Å². The summed E-state index contributed by atoms with van der Waals surface area (Å²) in [5.41, 5.74) is 4.62. The summed E-state index contributed by atoms with van der Waals surface area (Å²) in [6.45, 7) is 4.07. The van der Waals surface area contributed by atoms with Crippen LogP contribution in [0.25, 0.3) is 0 Å². The standard InChI is InChI=1S/C24H28N4O5/c1-3-17-7-5-6-8-19(17)27-22(29)15-33-20-12-9-16(13-21(20)32-4-2)14-25-28-24(31)23(30)26-18-10-11-18/h5-9,12-14,18H,3-4,10-11,15H2,1-2H3,(H,26,30)(H,27,29)(H,28,31)/b25-14-. The van der Waals surface area contributed by atoms with E-state index in [1.807, 2.05) is 38.1 Å². The lowest BCUT2D eigenvalue weighted by Crippen LogP contribution is -2.38. The fraction of sp³-hybridized carbons (Fsp3) is 0.333. The van der Waals surface area contributed by atoms with Crippen molar-refractivity contribution >= 4 is 29.6 Å². The summed E-state index contributed by atoms with van der Waals surface area (Å²) >= 11 is 0. The third-order valence-electron chi connectivity index (χ3n) is 4.80. The van der Waals surface area contributed by atoms with E-state index >= 15 is 0 Å². The van der Waals surface area contributed by atoms with Crippen LogP contribution in [0.15, 0.2) is 47.6 Å². The number of aryl methyl sites for hydroxylation is 1. The number of benzene rings is 2. The number of carbonyl (C=O) groups is 3. The van der Waals surface area contributed by atoms with Crippen LogP contribution in [0.2, 0.25) is 0 Å². The van der Waals surface area contributed by atoms with E-state index < -0.39 is 11.8 Å². The maximum Gasteiger partial charge on any atom is 0.329 e. The largest absolute Gasteiger partial charge is 0.490 e. The average molecular weight is 453 g/mol. The number of nitrogens with zero attached hydrogens (tertiary/aromatic N) is 1. The molecule has 9 heteroatoms. The van der Waals surface area contributed by atoms with Crippen molar-refractivity contribution in [1.29, 1.82) is 0 Å². The molecule has 0 spiro atoms. The molecule has 33 heavy (non-hydrogen) atoms. The van der Waals surface area contributed by atoms with Gasteiger partial charge in [-0.25, -0.2) is 5.43 Å². The smallest absolute Gasteiger partial charge is 0.329 e. The number of anilines is 1. The first-order valence-electron chi connectivity index (χ1n) is 10.9. The van der Waals surface area contributed by atoms with Crippen LogP contribution in [0.1, 0.15) is 37.8 Å². The summed E-state index contributed by atoms with van der Waals surface area (Å²) in [6.07, 6.45) is 3.98. The zero-order valence-corrected chi connectivity index (χ0v) is 18.7. The van der Waals surface area contributed by atoms with Crippen molar-refractivity contribution in [3.05, 3.63) is 53.6 Å². The van der Waals surface area contributed by atoms with E-state index in [4.69, 9.17) is 9.47 Å². The Kier molecular flexibility index (Phi) is 8.40. The molecule has 3 rings (SSSR count). The minimum atomic E-state index is -0.821. The molecule has 0 radical (unpaired) electrons. The van der Waals surface area contributed by atoms with Gasteiger partial charge in [0.15, 0.2) is 18.1 Å². The first-order chi connectivity index (χ1) is 16.0. The summed E-state index contributed by atoms with van der Waals surface area (Å²) < 4.78 is 11.3. The summed E-state index contributed by atoms with van der Waals surface area (Å²) in [5, 5.41) is 9.26. The lowest BCUT2D eigenvalue weighted by Gasteiger charge is -2.13. The summed E-state index contributed by atoms with van der Waals surface area (Å²) in [6, 6.07) is 12.7. The topological polar surface area (TPSA) is 118 Å². The molecule has 3 N–H and O–H groups in total. The molecule has 0 aromatic heterocycles. The highest BCUT2D eigenvalue weighted by molar-refractivity contribution is 6.35. The van der Waals surface area contributed by atoms with Gasteiger partial charge in [0, 0.05) is 11.7 Å². The van der Waals surface area contributed by atoms with Gasteiger partial charge < -0.3 is 20.1 Å². The van der Waals surface area contributed by atoms with Gasteiger partial charge in [-0.2, -0.15) is 5.10 Å². The fourth-order valence-electron chi connectivity index (χ4n) is 2.97. The highest BCUT2D eigenvalue weighted by Gasteiger charge is 2.26. The van der Waals surface area contributed by atoms with Gasteiger partial charge in [-0.05, 0) is 61.6 Å². The Bertz CT molecular complexity index is 1030. The lowest BCUT2D eigenvalue weighted by atomic mass is 10.1. The Balaban J connectivity index is 1.56. The molecule has 0 atom stereocenters. The van der Waals surface area contributed by atoms with Gasteiger partial charge in [0.2, 0.25) is 0 Å². The molecule has 3 amide bonds. The number of rotatable bonds is 10. The zero-order chi connectivity index (χ0) is 23.6. The Morgan fingerprint density at radius 3 is 2.55 bits per heavy atom. The van der Waals surface area contributed by atoms with Crippen LogP contribution >= 0.6 is 0 Å². The molecule has 1 aliphatic rings. The normalized spacial score (nSPS) is 12.8. The van der Waals surface area contributed by atoms with E-state index in [1.54, 1.807) is 18.2 Å². The third kappa shape index (κ3) is 7.34. The van der Waals surface area contributed by atoms with Crippen LogP contribution in [0.4, 0.5) is 5.69 Å². The number of carbonyl (C=O) groups excluding carboxylic acids is 3. The number of hydrogen-bond donors (Lipinski definition) is 3. The van der Waals surface area contributed by atoms with Gasteiger partial charge >= 0.3 is 11.8 Å². The second-order valence-electron chi connectivity index (χ2n) is 7.43. The first-order valence-corrected chi connectivity index (χ1v) is 10.9. The molecule has 0 bridgehead atoms. The van der Waals surface area contributed by atoms with E-state index in [9.17, 15) is 14.4 Å². The molecule has 2 aromatic carbocycles. The van der Waals surface area contributed by atoms with Crippen molar-refractivity contribution in [3.8, 4) is 11.5 Å². The predicted molar refractivity (Wildman–Crippen MR) is 124 cm³/mol. The molecule has 9 nitrogen and oxygen atoms in total. The molecule has 0 saturated heterocycles. The minimum Gasteiger partial charge on any atom is -0.490 e. The van der Waals surface area contributed by atoms with Crippen LogP contribution < -0.4 is 25.5 Å². The van der Waals surface area contributed by atoms with Gasteiger partial charge in [0.05, 0.1) is 12.8 Å². The molecule has 0 aliphatic heterocycles. The van der Waals surface area contributed by atoms with Crippen molar-refractivity contribution in [2.45, 2.75) is 39.2 Å². The third-order valence-corrected chi connectivity index (χ3v) is 4.80. The summed E-state index contributed by atoms with van der Waals surface area (Å²) in [7, 11) is 0. The van der Waals surface area contributed by atoms with Crippen molar-refractivity contribution in [2.24, 2.45) is 5.10 Å². The molecular weight excluding hydrogens is 424 g/mol. The zero-order valence-electron chi connectivity index (χ0n) is 18.7. The summed E-state index contributed by atoms with van der Waals surface area (Å²) in [4.78, 5) is 35.7. The second-order valence-corrected chi connectivity index (χ2v) is 7.43. The Morgan fingerprint density at radius 2 is 1.82 bits per heavy atom. The first kappa shape index (κ1) is 23.8. The Morgan fingerprint density at radius 1 is 1.03 bits per heavy atom. The van der Waals surface area contributed by atoms with Crippen molar-refractivity contribution < 1.29 is 23.9 Å². The van der Waals surface area contributed by atoms with Gasteiger partial charge in [-0.3, -0.25) is 14.4 Å². The van der Waals surface area contributed by atoms with Crippen LogP contribution in [0.3, 0.4) is 0 Å². The molecule has 2 aromatic rings. The van der Waals surface area contributed by atoms with E-state index in [1.165, 1.54) is 6.21 Å². The molecule has 1 saturated carbocycles. The van der Waals surface area contributed by atoms with Gasteiger partial charge in [-0.1, -0.05) is 25.1 Å². The maximum absolute atomic E-state index is 12.4. The number of nitrogens with one attached hydrogen (secondary N) is 3. The number of ether oxygens (including phenoxy) is 2. The monoisotopic (exact) mass is 452 g/mol. The number of hydrazone groups is 1. The van der Waals surface area contributed by atoms with E-state index in [0.29, 0.717) is 23.7 Å². The number of para-hydroxylation sites is 1. The van der Waals surface area contributed by atoms with E-state index in [0.717, 1.165) is 30.5 Å². The molecule has 174 valence electrons. The van der Waals surface area contributed by atoms with Crippen LogP contribution in [0.5, 0.6) is 11.5 Å². The van der Waals surface area contributed by atoms with Crippen LogP contribution in [-0.2, 0) is 20.8 Å². The SMILES string of the molecule is CCOc1cc(/C=N\NC(=O)C(=O)NC2CC2)ccc1OCC(=O)Nc1ccccc1CC. The van der Waals surface area contributed by atoms with E-state index in [-0.39, 0.29) is 18.6 Å². The van der Waals surface area contributed by atoms with Crippen LogP contribution in [0, 0.1) is 0 Å². The van der Waals surface area contributed by atoms with Crippen LogP contribution in [-0.4, -0.2) is 43.2 Å². The fourth-order valence-corrected chi connectivity index (χ4v) is 2.97. The lowest BCUT2D eigenvalue weighted by molar-refractivity contribution is -0.139. The predicted octanol–water partition coefficient (Wildman–Crippen LogP) is 2.39. The van der Waals surface area contributed by atoms with Crippen molar-refractivity contribution in [2.75, 3.05) is 18.5 Å². The molecule has 0 unspecified atom stereocenters. The number of hydrogen-bond acceptors (Lipinski definition) is 6. The highest BCUT2D eigenvalue weighted by Crippen LogP contribution is 2.28. The molecule has 0 heterocycles. The Hall–Kier alpha value is -3.88.